The first-order valence-corrected chi connectivity index (χ1v) is 7.32. The minimum atomic E-state index is -0.435. The molecule has 0 unspecified atom stereocenters. The summed E-state index contributed by atoms with van der Waals surface area (Å²) >= 11 is 0. The number of carbonyl (C=O) groups is 1. The number of amides is 1. The zero-order valence-electron chi connectivity index (χ0n) is 12.1. The van der Waals surface area contributed by atoms with Crippen LogP contribution in [0.5, 0.6) is 0 Å². The smallest absolute Gasteiger partial charge is 0.256 e. The van der Waals surface area contributed by atoms with Crippen molar-refractivity contribution in [3.8, 4) is 0 Å². The summed E-state index contributed by atoms with van der Waals surface area (Å²) in [6, 6.07) is 6.19. The van der Waals surface area contributed by atoms with Gasteiger partial charge in [-0.15, -0.1) is 0 Å². The maximum Gasteiger partial charge on any atom is 0.256 e. The molecule has 2 aromatic heterocycles. The molecule has 1 fully saturated rings. The highest BCUT2D eigenvalue weighted by Crippen LogP contribution is 2.24. The largest absolute Gasteiger partial charge is 0.317 e. The molecule has 1 aliphatic rings. The van der Waals surface area contributed by atoms with Crippen LogP contribution in [0.2, 0.25) is 0 Å². The predicted molar refractivity (Wildman–Crippen MR) is 81.2 cm³/mol. The van der Waals surface area contributed by atoms with E-state index in [0.29, 0.717) is 17.3 Å². The van der Waals surface area contributed by atoms with Gasteiger partial charge in [-0.05, 0) is 50.2 Å². The molecule has 0 aliphatic carbocycles. The van der Waals surface area contributed by atoms with Crippen molar-refractivity contribution in [3.05, 3.63) is 53.7 Å². The van der Waals surface area contributed by atoms with Gasteiger partial charge in [0.05, 0.1) is 6.20 Å². The van der Waals surface area contributed by atoms with Crippen molar-refractivity contribution < 1.29 is 9.18 Å². The third-order valence-corrected chi connectivity index (χ3v) is 3.77. The fourth-order valence-corrected chi connectivity index (χ4v) is 2.57. The molecule has 0 aromatic carbocycles. The fourth-order valence-electron chi connectivity index (χ4n) is 2.57. The van der Waals surface area contributed by atoms with Crippen LogP contribution in [-0.4, -0.2) is 29.0 Å². The number of nitrogens with one attached hydrogen (secondary N) is 2. The number of piperidine rings is 1. The van der Waals surface area contributed by atoms with Gasteiger partial charge in [-0.2, -0.15) is 0 Å². The van der Waals surface area contributed by atoms with Crippen molar-refractivity contribution in [2.75, 3.05) is 18.4 Å². The molecule has 1 saturated heterocycles. The Kier molecular flexibility index (Phi) is 4.39. The third kappa shape index (κ3) is 3.46. The molecule has 1 aliphatic heterocycles. The van der Waals surface area contributed by atoms with Crippen molar-refractivity contribution in [1.82, 2.24) is 15.3 Å². The number of aromatic nitrogens is 2. The van der Waals surface area contributed by atoms with E-state index in [1.54, 1.807) is 12.3 Å². The Morgan fingerprint density at radius 2 is 2.05 bits per heavy atom. The first-order valence-electron chi connectivity index (χ1n) is 7.32. The maximum atomic E-state index is 12.8. The summed E-state index contributed by atoms with van der Waals surface area (Å²) in [7, 11) is 0. The van der Waals surface area contributed by atoms with Crippen LogP contribution in [-0.2, 0) is 0 Å². The quantitative estimate of drug-likeness (QED) is 0.913. The Bertz CT molecular complexity index is 653. The number of hydrogen-bond donors (Lipinski definition) is 2. The molecule has 2 N–H and O–H groups in total. The SMILES string of the molecule is O=C(Nc1ccc(F)cn1)c1ccnc(C2CCNCC2)c1. The molecule has 0 spiro atoms. The van der Waals surface area contributed by atoms with Crippen LogP contribution < -0.4 is 10.6 Å². The van der Waals surface area contributed by atoms with Gasteiger partial charge in [-0.3, -0.25) is 9.78 Å². The van der Waals surface area contributed by atoms with Crippen LogP contribution in [0.15, 0.2) is 36.7 Å². The van der Waals surface area contributed by atoms with Crippen molar-refractivity contribution in [2.45, 2.75) is 18.8 Å². The number of nitrogens with zero attached hydrogens (tertiary/aromatic N) is 2. The lowest BCUT2D eigenvalue weighted by molar-refractivity contribution is 0.102. The number of rotatable bonds is 3. The van der Waals surface area contributed by atoms with E-state index >= 15 is 0 Å². The highest BCUT2D eigenvalue weighted by atomic mass is 19.1. The van der Waals surface area contributed by atoms with E-state index in [0.717, 1.165) is 37.8 Å². The molecule has 6 heteroatoms. The number of anilines is 1. The Morgan fingerprint density at radius 1 is 1.23 bits per heavy atom. The summed E-state index contributed by atoms with van der Waals surface area (Å²) < 4.78 is 12.8. The van der Waals surface area contributed by atoms with E-state index in [4.69, 9.17) is 0 Å². The molecule has 2 aromatic rings. The molecule has 0 saturated carbocycles. The summed E-state index contributed by atoms with van der Waals surface area (Å²) in [6.07, 6.45) is 4.78. The van der Waals surface area contributed by atoms with Gasteiger partial charge in [0.2, 0.25) is 0 Å². The summed E-state index contributed by atoms with van der Waals surface area (Å²) in [4.78, 5) is 20.5. The van der Waals surface area contributed by atoms with Crippen LogP contribution in [0, 0.1) is 5.82 Å². The van der Waals surface area contributed by atoms with E-state index in [1.807, 2.05) is 6.07 Å². The van der Waals surface area contributed by atoms with Crippen molar-refractivity contribution >= 4 is 11.7 Å². The van der Waals surface area contributed by atoms with Gasteiger partial charge in [0, 0.05) is 23.4 Å². The standard InChI is InChI=1S/C16H17FN4O/c17-13-1-2-15(20-10-13)21-16(22)12-5-8-19-14(9-12)11-3-6-18-7-4-11/h1-2,5,8-11,18H,3-4,6-7H2,(H,20,21,22). The van der Waals surface area contributed by atoms with Gasteiger partial charge >= 0.3 is 0 Å². The summed E-state index contributed by atoms with van der Waals surface area (Å²) in [5, 5.41) is 5.97. The van der Waals surface area contributed by atoms with E-state index < -0.39 is 5.82 Å². The molecule has 1 amide bonds. The normalized spacial score (nSPS) is 15.5. The summed E-state index contributed by atoms with van der Waals surface area (Å²) in [5.74, 6) is 0.0105. The highest BCUT2D eigenvalue weighted by Gasteiger charge is 2.18. The molecule has 114 valence electrons. The topological polar surface area (TPSA) is 66.9 Å². The van der Waals surface area contributed by atoms with Gasteiger partial charge in [0.15, 0.2) is 0 Å². The van der Waals surface area contributed by atoms with Gasteiger partial charge in [-0.1, -0.05) is 0 Å². The number of hydrogen-bond acceptors (Lipinski definition) is 4. The second-order valence-corrected chi connectivity index (χ2v) is 5.31. The Balaban J connectivity index is 1.73. The highest BCUT2D eigenvalue weighted by molar-refractivity contribution is 6.03. The minimum Gasteiger partial charge on any atom is -0.317 e. The van der Waals surface area contributed by atoms with Crippen LogP contribution in [0.1, 0.15) is 34.8 Å². The van der Waals surface area contributed by atoms with E-state index in [-0.39, 0.29) is 5.91 Å². The van der Waals surface area contributed by atoms with Crippen molar-refractivity contribution in [2.24, 2.45) is 0 Å². The first kappa shape index (κ1) is 14.6. The molecule has 22 heavy (non-hydrogen) atoms. The van der Waals surface area contributed by atoms with E-state index in [9.17, 15) is 9.18 Å². The average molecular weight is 300 g/mol. The number of carbonyl (C=O) groups excluding carboxylic acids is 1. The molecule has 3 heterocycles. The molecule has 0 atom stereocenters. The molecular formula is C16H17FN4O. The van der Waals surface area contributed by atoms with Gasteiger partial charge < -0.3 is 10.6 Å². The van der Waals surface area contributed by atoms with Gasteiger partial charge in [-0.25, -0.2) is 9.37 Å². The second-order valence-electron chi connectivity index (χ2n) is 5.31. The molecular weight excluding hydrogens is 283 g/mol. The number of halogens is 1. The Morgan fingerprint density at radius 3 is 2.77 bits per heavy atom. The van der Waals surface area contributed by atoms with E-state index in [2.05, 4.69) is 20.6 Å². The maximum absolute atomic E-state index is 12.8. The summed E-state index contributed by atoms with van der Waals surface area (Å²) in [6.45, 7) is 1.95. The molecule has 0 radical (unpaired) electrons. The third-order valence-electron chi connectivity index (χ3n) is 3.77. The zero-order chi connectivity index (χ0) is 15.4. The van der Waals surface area contributed by atoms with Crippen LogP contribution in [0.4, 0.5) is 10.2 Å². The Hall–Kier alpha value is -2.34. The predicted octanol–water partition coefficient (Wildman–Crippen LogP) is 2.33. The first-order chi connectivity index (χ1) is 10.7. The zero-order valence-corrected chi connectivity index (χ0v) is 12.1. The van der Waals surface area contributed by atoms with Crippen molar-refractivity contribution in [1.29, 1.82) is 0 Å². The lowest BCUT2D eigenvalue weighted by Gasteiger charge is -2.22. The summed E-state index contributed by atoms with van der Waals surface area (Å²) in [5.41, 5.74) is 1.48. The lowest BCUT2D eigenvalue weighted by Crippen LogP contribution is -2.27. The van der Waals surface area contributed by atoms with Crippen LogP contribution in [0.25, 0.3) is 0 Å². The van der Waals surface area contributed by atoms with Gasteiger partial charge in [0.1, 0.15) is 11.6 Å². The van der Waals surface area contributed by atoms with Crippen molar-refractivity contribution in [3.63, 3.8) is 0 Å². The minimum absolute atomic E-state index is 0.267. The molecule has 3 rings (SSSR count). The Labute approximate surface area is 128 Å². The van der Waals surface area contributed by atoms with Crippen LogP contribution >= 0.6 is 0 Å². The molecule has 0 bridgehead atoms. The monoisotopic (exact) mass is 300 g/mol. The average Bonchev–Trinajstić information content (AvgIpc) is 2.58. The number of pyridine rings is 2. The fraction of sp³-hybridized carbons (Fsp3) is 0.312. The van der Waals surface area contributed by atoms with E-state index in [1.165, 1.54) is 12.1 Å². The van der Waals surface area contributed by atoms with Crippen LogP contribution in [0.3, 0.4) is 0 Å². The molecule has 5 nitrogen and oxygen atoms in total. The van der Waals surface area contributed by atoms with Gasteiger partial charge in [0.25, 0.3) is 5.91 Å². The second kappa shape index (κ2) is 6.62. The lowest BCUT2D eigenvalue weighted by atomic mass is 9.93.